The number of piperidine rings is 1. The van der Waals surface area contributed by atoms with Crippen LogP contribution in [-0.2, 0) is 13.6 Å². The summed E-state index contributed by atoms with van der Waals surface area (Å²) in [6.45, 7) is 3.03. The molecule has 0 spiro atoms. The Hall–Kier alpha value is -4.43. The van der Waals surface area contributed by atoms with Gasteiger partial charge in [0.2, 0.25) is 5.82 Å². The molecule has 2 bridgehead atoms. The smallest absolute Gasteiger partial charge is 0.254 e. The number of nitrogens with zero attached hydrogens (tertiary/aromatic N) is 8. The highest BCUT2D eigenvalue weighted by atomic mass is 16.5. The number of carbonyl (C=O) groups is 1. The van der Waals surface area contributed by atoms with Gasteiger partial charge in [-0.15, -0.1) is 0 Å². The summed E-state index contributed by atoms with van der Waals surface area (Å²) < 4.78 is 10.2. The lowest BCUT2D eigenvalue weighted by molar-refractivity contribution is 0.0700. The van der Waals surface area contributed by atoms with Gasteiger partial charge in [0.05, 0.1) is 18.3 Å². The summed E-state index contributed by atoms with van der Waals surface area (Å²) in [6.07, 6.45) is 5.69. The number of benzene rings is 1. The zero-order chi connectivity index (χ0) is 27.5. The van der Waals surface area contributed by atoms with Crippen LogP contribution in [0.1, 0.15) is 29.0 Å². The number of nitriles is 1. The molecule has 1 aliphatic carbocycles. The van der Waals surface area contributed by atoms with Gasteiger partial charge in [0.1, 0.15) is 23.2 Å². The SMILES string of the molecule is COc1cc(C(=O)N2CC3CCC2[C@@H]3N)cc2nc(-c3cccn3C)n(CC3CN(c4ccnc(C#N)n4)C3)c12. The van der Waals surface area contributed by atoms with Crippen LogP contribution in [0, 0.1) is 23.2 Å². The molecule has 3 atom stereocenters. The van der Waals surface area contributed by atoms with Crippen molar-refractivity contribution in [3.05, 3.63) is 54.1 Å². The second-order valence-corrected chi connectivity index (χ2v) is 11.2. The van der Waals surface area contributed by atoms with Crippen molar-refractivity contribution in [2.24, 2.45) is 24.6 Å². The van der Waals surface area contributed by atoms with Gasteiger partial charge >= 0.3 is 0 Å². The van der Waals surface area contributed by atoms with Gasteiger partial charge in [-0.2, -0.15) is 5.26 Å². The van der Waals surface area contributed by atoms with Crippen molar-refractivity contribution < 1.29 is 9.53 Å². The summed E-state index contributed by atoms with van der Waals surface area (Å²) in [5.74, 6) is 3.12. The first-order chi connectivity index (χ1) is 19.4. The highest BCUT2D eigenvalue weighted by Gasteiger charge is 2.47. The molecule has 3 aromatic heterocycles. The fourth-order valence-corrected chi connectivity index (χ4v) is 6.73. The van der Waals surface area contributed by atoms with E-state index in [4.69, 9.17) is 20.7 Å². The number of amides is 1. The third-order valence-electron chi connectivity index (χ3n) is 8.82. The molecule has 3 fully saturated rings. The minimum absolute atomic E-state index is 0.00552. The molecule has 11 heteroatoms. The molecule has 3 aliphatic rings. The fourth-order valence-electron chi connectivity index (χ4n) is 6.73. The van der Waals surface area contributed by atoms with Crippen molar-refractivity contribution in [3.63, 3.8) is 0 Å². The molecule has 2 unspecified atom stereocenters. The minimum Gasteiger partial charge on any atom is -0.494 e. The van der Waals surface area contributed by atoms with E-state index in [1.165, 1.54) is 0 Å². The molecule has 5 heterocycles. The van der Waals surface area contributed by atoms with Crippen molar-refractivity contribution in [1.82, 2.24) is 29.0 Å². The standard InChI is InChI=1S/C29H31N9O2/c1-35-9-3-4-22(35)28-33-20-10-19(29(39)37-16-18-5-6-21(37)26(18)31)11-23(40-2)27(20)38(28)15-17-13-36(14-17)25-7-8-32-24(12-30)34-25/h3-4,7-11,17-18,21,26H,5-6,13-16,31H2,1-2H3/t18?,21?,26-/m1/s1. The molecule has 2 aliphatic heterocycles. The number of nitrogens with two attached hydrogens (primary N) is 1. The number of anilines is 1. The molecular formula is C29H31N9O2. The first-order valence-electron chi connectivity index (χ1n) is 13.7. The number of aryl methyl sites for hydroxylation is 1. The van der Waals surface area contributed by atoms with Crippen LogP contribution in [0.25, 0.3) is 22.6 Å². The van der Waals surface area contributed by atoms with Crippen molar-refractivity contribution in [2.45, 2.75) is 31.5 Å². The number of imidazole rings is 1. The number of ether oxygens (including phenoxy) is 1. The maximum atomic E-state index is 13.7. The Labute approximate surface area is 231 Å². The molecule has 2 saturated heterocycles. The van der Waals surface area contributed by atoms with Crippen LogP contribution in [0.4, 0.5) is 5.82 Å². The van der Waals surface area contributed by atoms with Crippen LogP contribution < -0.4 is 15.4 Å². The van der Waals surface area contributed by atoms with Crippen molar-refractivity contribution in [2.75, 3.05) is 31.6 Å². The van der Waals surface area contributed by atoms with E-state index in [1.807, 2.05) is 48.5 Å². The van der Waals surface area contributed by atoms with E-state index in [0.717, 1.165) is 60.8 Å². The Morgan fingerprint density at radius 2 is 2.05 bits per heavy atom. The zero-order valence-electron chi connectivity index (χ0n) is 22.6. The van der Waals surface area contributed by atoms with Gasteiger partial charge in [-0.25, -0.2) is 15.0 Å². The Kier molecular flexibility index (Phi) is 5.75. The second-order valence-electron chi connectivity index (χ2n) is 11.2. The second kappa shape index (κ2) is 9.34. The number of carbonyl (C=O) groups excluding carboxylic acids is 1. The lowest BCUT2D eigenvalue weighted by Crippen LogP contribution is -2.49. The molecule has 4 aromatic rings. The molecule has 204 valence electrons. The van der Waals surface area contributed by atoms with Crippen LogP contribution in [0.3, 0.4) is 0 Å². The number of methoxy groups -OCH3 is 1. The van der Waals surface area contributed by atoms with Gasteiger partial charge in [-0.05, 0) is 49.1 Å². The van der Waals surface area contributed by atoms with Crippen molar-refractivity contribution in [1.29, 1.82) is 5.26 Å². The van der Waals surface area contributed by atoms with E-state index < -0.39 is 0 Å². The molecule has 1 amide bonds. The third kappa shape index (κ3) is 3.82. The number of hydrogen-bond acceptors (Lipinski definition) is 8. The van der Waals surface area contributed by atoms with E-state index in [1.54, 1.807) is 13.3 Å². The summed E-state index contributed by atoms with van der Waals surface area (Å²) in [5.41, 5.74) is 9.57. The van der Waals surface area contributed by atoms with Gasteiger partial charge in [-0.1, -0.05) is 0 Å². The van der Waals surface area contributed by atoms with Crippen molar-refractivity contribution in [3.8, 4) is 23.3 Å². The maximum Gasteiger partial charge on any atom is 0.254 e. The van der Waals surface area contributed by atoms with Crippen LogP contribution in [-0.4, -0.2) is 73.7 Å². The van der Waals surface area contributed by atoms with Gasteiger partial charge < -0.3 is 29.4 Å². The summed E-state index contributed by atoms with van der Waals surface area (Å²) in [7, 11) is 3.65. The molecule has 40 heavy (non-hydrogen) atoms. The quantitative estimate of drug-likeness (QED) is 0.397. The summed E-state index contributed by atoms with van der Waals surface area (Å²) >= 11 is 0. The van der Waals surface area contributed by atoms with E-state index in [9.17, 15) is 4.79 Å². The minimum atomic E-state index is -0.00552. The molecule has 1 saturated carbocycles. The van der Waals surface area contributed by atoms with E-state index in [-0.39, 0.29) is 23.8 Å². The van der Waals surface area contributed by atoms with Crippen LogP contribution in [0.2, 0.25) is 0 Å². The Morgan fingerprint density at radius 3 is 2.73 bits per heavy atom. The molecule has 11 nitrogen and oxygen atoms in total. The first-order valence-corrected chi connectivity index (χ1v) is 13.7. The lowest BCUT2D eigenvalue weighted by Gasteiger charge is -2.40. The normalized spacial score (nSPS) is 22.1. The van der Waals surface area contributed by atoms with Crippen molar-refractivity contribution >= 4 is 22.8 Å². The average molecular weight is 538 g/mol. The first kappa shape index (κ1) is 24.6. The molecular weight excluding hydrogens is 506 g/mol. The zero-order valence-corrected chi connectivity index (χ0v) is 22.6. The Balaban J connectivity index is 1.23. The van der Waals surface area contributed by atoms with E-state index >= 15 is 0 Å². The number of aromatic nitrogens is 5. The molecule has 7 rings (SSSR count). The Morgan fingerprint density at radius 1 is 1.20 bits per heavy atom. The molecule has 2 N–H and O–H groups in total. The number of fused-ring (bicyclic) bond motifs is 3. The topological polar surface area (TPSA) is 131 Å². The molecule has 1 aromatic carbocycles. The van der Waals surface area contributed by atoms with Gasteiger partial charge in [0, 0.05) is 69.2 Å². The van der Waals surface area contributed by atoms with Gasteiger partial charge in [0.15, 0.2) is 5.82 Å². The summed E-state index contributed by atoms with van der Waals surface area (Å²) in [4.78, 5) is 31.1. The highest BCUT2D eigenvalue weighted by Crippen LogP contribution is 2.39. The summed E-state index contributed by atoms with van der Waals surface area (Å²) in [6, 6.07) is 11.8. The average Bonchev–Trinajstić information content (AvgIpc) is 3.71. The predicted octanol–water partition coefficient (Wildman–Crippen LogP) is 2.41. The van der Waals surface area contributed by atoms with E-state index in [2.05, 4.69) is 30.1 Å². The van der Waals surface area contributed by atoms with Crippen LogP contribution in [0.15, 0.2) is 42.7 Å². The lowest BCUT2D eigenvalue weighted by atomic mass is 9.99. The van der Waals surface area contributed by atoms with Gasteiger partial charge in [-0.3, -0.25) is 4.79 Å². The number of rotatable bonds is 6. The van der Waals surface area contributed by atoms with Crippen LogP contribution >= 0.6 is 0 Å². The van der Waals surface area contributed by atoms with E-state index in [0.29, 0.717) is 29.7 Å². The fraction of sp³-hybridized carbons (Fsp3) is 0.414. The Bertz CT molecular complexity index is 1660. The predicted molar refractivity (Wildman–Crippen MR) is 149 cm³/mol. The number of hydrogen-bond donors (Lipinski definition) is 1. The van der Waals surface area contributed by atoms with Gasteiger partial charge in [0.25, 0.3) is 5.91 Å². The third-order valence-corrected chi connectivity index (χ3v) is 8.82. The maximum absolute atomic E-state index is 13.7. The monoisotopic (exact) mass is 537 g/mol. The largest absolute Gasteiger partial charge is 0.494 e. The molecule has 0 radical (unpaired) electrons. The van der Waals surface area contributed by atoms with Crippen LogP contribution in [0.5, 0.6) is 5.75 Å². The highest BCUT2D eigenvalue weighted by molar-refractivity contribution is 6.00. The number of likely N-dealkylation sites (tertiary alicyclic amines) is 1. The summed E-state index contributed by atoms with van der Waals surface area (Å²) in [5, 5.41) is 9.16.